The molecule has 0 bridgehead atoms. The van der Waals surface area contributed by atoms with E-state index >= 15 is 0 Å². The predicted octanol–water partition coefficient (Wildman–Crippen LogP) is 2.03. The number of piperidine rings is 1. The summed E-state index contributed by atoms with van der Waals surface area (Å²) in [7, 11) is -2.94. The largest absolute Gasteiger partial charge is 0.338 e. The maximum atomic E-state index is 12.1. The van der Waals surface area contributed by atoms with Gasteiger partial charge in [-0.15, -0.1) is 0 Å². The van der Waals surface area contributed by atoms with Crippen molar-refractivity contribution < 1.29 is 13.2 Å². The zero-order valence-corrected chi connectivity index (χ0v) is 13.8. The zero-order valence-electron chi connectivity index (χ0n) is 12.9. The van der Waals surface area contributed by atoms with Gasteiger partial charge < -0.3 is 10.2 Å². The molecule has 0 saturated carbocycles. The van der Waals surface area contributed by atoms with E-state index in [1.54, 1.807) is 0 Å². The SMILES string of the molecule is CCC[C@@]1(C)CCCN(C(=O)NCCCS(C)(=O)=O)C1. The van der Waals surface area contributed by atoms with Crippen molar-refractivity contribution in [1.82, 2.24) is 10.2 Å². The minimum Gasteiger partial charge on any atom is -0.338 e. The lowest BCUT2D eigenvalue weighted by molar-refractivity contribution is 0.110. The molecular weight excluding hydrogens is 276 g/mol. The molecule has 1 atom stereocenters. The molecule has 1 N–H and O–H groups in total. The van der Waals surface area contributed by atoms with Crippen LogP contribution in [0.25, 0.3) is 0 Å². The van der Waals surface area contributed by atoms with Crippen molar-refractivity contribution in [2.24, 2.45) is 5.41 Å². The average Bonchev–Trinajstić information content (AvgIpc) is 2.33. The first-order valence-corrected chi connectivity index (χ1v) is 9.52. The number of rotatable bonds is 6. The molecule has 1 rings (SSSR count). The minimum atomic E-state index is -2.94. The van der Waals surface area contributed by atoms with Crippen LogP contribution >= 0.6 is 0 Å². The summed E-state index contributed by atoms with van der Waals surface area (Å²) in [6.07, 6.45) is 6.21. The summed E-state index contributed by atoms with van der Waals surface area (Å²) in [4.78, 5) is 14.0. The molecule has 0 unspecified atom stereocenters. The fraction of sp³-hybridized carbons (Fsp3) is 0.929. The van der Waals surface area contributed by atoms with E-state index < -0.39 is 9.84 Å². The van der Waals surface area contributed by atoms with Crippen LogP contribution < -0.4 is 5.32 Å². The van der Waals surface area contributed by atoms with Crippen molar-refractivity contribution in [3.05, 3.63) is 0 Å². The van der Waals surface area contributed by atoms with Gasteiger partial charge in [0.15, 0.2) is 0 Å². The molecule has 0 aromatic rings. The van der Waals surface area contributed by atoms with E-state index in [1.165, 1.54) is 12.7 Å². The Labute approximate surface area is 123 Å². The van der Waals surface area contributed by atoms with Gasteiger partial charge in [0.05, 0.1) is 5.75 Å². The number of hydrogen-bond donors (Lipinski definition) is 1. The van der Waals surface area contributed by atoms with Gasteiger partial charge >= 0.3 is 6.03 Å². The number of carbonyl (C=O) groups is 1. The number of hydrogen-bond acceptors (Lipinski definition) is 3. The molecule has 1 aliphatic heterocycles. The third kappa shape index (κ3) is 6.11. The standard InChI is InChI=1S/C14H28N2O3S/c1-4-7-14(2)8-5-10-16(12-14)13(17)15-9-6-11-20(3,18)19/h4-12H2,1-3H3,(H,15,17)/t14-/m0/s1. The summed E-state index contributed by atoms with van der Waals surface area (Å²) in [5.41, 5.74) is 0.233. The molecule has 0 aromatic heterocycles. The van der Waals surface area contributed by atoms with Crippen molar-refractivity contribution in [3.63, 3.8) is 0 Å². The van der Waals surface area contributed by atoms with Crippen LogP contribution in [-0.2, 0) is 9.84 Å². The molecule has 118 valence electrons. The third-order valence-electron chi connectivity index (χ3n) is 3.89. The van der Waals surface area contributed by atoms with Gasteiger partial charge in [-0.3, -0.25) is 0 Å². The third-order valence-corrected chi connectivity index (χ3v) is 4.92. The van der Waals surface area contributed by atoms with Gasteiger partial charge in [0, 0.05) is 25.9 Å². The first-order chi connectivity index (χ1) is 9.26. The zero-order chi connectivity index (χ0) is 15.2. The van der Waals surface area contributed by atoms with Crippen LogP contribution in [-0.4, -0.2) is 51.0 Å². The lowest BCUT2D eigenvalue weighted by Crippen LogP contribution is -2.49. The number of carbonyl (C=O) groups excluding carboxylic acids is 1. The monoisotopic (exact) mass is 304 g/mol. The number of nitrogens with one attached hydrogen (secondary N) is 1. The maximum Gasteiger partial charge on any atom is 0.317 e. The van der Waals surface area contributed by atoms with E-state index in [1.807, 2.05) is 4.90 Å². The quantitative estimate of drug-likeness (QED) is 0.764. The molecule has 20 heavy (non-hydrogen) atoms. The molecule has 2 amide bonds. The molecule has 1 saturated heterocycles. The molecule has 1 aliphatic rings. The van der Waals surface area contributed by atoms with Gasteiger partial charge in [0.1, 0.15) is 9.84 Å². The summed E-state index contributed by atoms with van der Waals surface area (Å²) in [5.74, 6) is 0.126. The van der Waals surface area contributed by atoms with Crippen LogP contribution in [0.15, 0.2) is 0 Å². The first-order valence-electron chi connectivity index (χ1n) is 7.46. The molecule has 0 aliphatic carbocycles. The van der Waals surface area contributed by atoms with Crippen LogP contribution in [0.4, 0.5) is 4.79 Å². The molecule has 0 aromatic carbocycles. The van der Waals surface area contributed by atoms with Crippen LogP contribution in [0, 0.1) is 5.41 Å². The van der Waals surface area contributed by atoms with E-state index in [2.05, 4.69) is 19.2 Å². The Hall–Kier alpha value is -0.780. The van der Waals surface area contributed by atoms with Crippen molar-refractivity contribution in [2.45, 2.75) is 46.0 Å². The molecule has 6 heteroatoms. The van der Waals surface area contributed by atoms with Crippen LogP contribution in [0.3, 0.4) is 0 Å². The van der Waals surface area contributed by atoms with Crippen molar-refractivity contribution in [3.8, 4) is 0 Å². The summed E-state index contributed by atoms with van der Waals surface area (Å²) < 4.78 is 22.0. The van der Waals surface area contributed by atoms with Crippen LogP contribution in [0.1, 0.15) is 46.0 Å². The maximum absolute atomic E-state index is 12.1. The second-order valence-electron chi connectivity index (χ2n) is 6.30. The summed E-state index contributed by atoms with van der Waals surface area (Å²) in [5, 5.41) is 2.83. The molecule has 1 fully saturated rings. The Morgan fingerprint density at radius 3 is 2.70 bits per heavy atom. The highest BCUT2D eigenvalue weighted by molar-refractivity contribution is 7.90. The molecule has 5 nitrogen and oxygen atoms in total. The lowest BCUT2D eigenvalue weighted by Gasteiger charge is -2.40. The Morgan fingerprint density at radius 1 is 1.40 bits per heavy atom. The Kier molecular flexibility index (Phi) is 6.30. The number of nitrogens with zero attached hydrogens (tertiary/aromatic N) is 1. The predicted molar refractivity (Wildman–Crippen MR) is 81.5 cm³/mol. The van der Waals surface area contributed by atoms with E-state index in [4.69, 9.17) is 0 Å². The second kappa shape index (κ2) is 7.29. The highest BCUT2D eigenvalue weighted by atomic mass is 32.2. The van der Waals surface area contributed by atoms with Crippen molar-refractivity contribution in [2.75, 3.05) is 31.6 Å². The van der Waals surface area contributed by atoms with Crippen LogP contribution in [0.5, 0.6) is 0 Å². The van der Waals surface area contributed by atoms with Crippen LogP contribution in [0.2, 0.25) is 0 Å². The molecule has 1 heterocycles. The van der Waals surface area contributed by atoms with Gasteiger partial charge in [0.2, 0.25) is 0 Å². The van der Waals surface area contributed by atoms with E-state index in [0.717, 1.165) is 32.4 Å². The average molecular weight is 304 g/mol. The summed E-state index contributed by atoms with van der Waals surface area (Å²) >= 11 is 0. The highest BCUT2D eigenvalue weighted by Gasteiger charge is 2.32. The second-order valence-corrected chi connectivity index (χ2v) is 8.56. The van der Waals surface area contributed by atoms with Crippen molar-refractivity contribution >= 4 is 15.9 Å². The Bertz CT molecular complexity index is 418. The molecule has 0 spiro atoms. The van der Waals surface area contributed by atoms with Gasteiger partial charge in [0.25, 0.3) is 0 Å². The number of urea groups is 1. The number of sulfone groups is 1. The van der Waals surface area contributed by atoms with Crippen molar-refractivity contribution in [1.29, 1.82) is 0 Å². The first kappa shape index (κ1) is 17.3. The minimum absolute atomic E-state index is 0.0551. The fourth-order valence-electron chi connectivity index (χ4n) is 2.94. The number of likely N-dealkylation sites (tertiary alicyclic amines) is 1. The molecular formula is C14H28N2O3S. The van der Waals surface area contributed by atoms with E-state index in [0.29, 0.717) is 13.0 Å². The number of amides is 2. The smallest absolute Gasteiger partial charge is 0.317 e. The van der Waals surface area contributed by atoms with Gasteiger partial charge in [-0.1, -0.05) is 20.3 Å². The Balaban J connectivity index is 2.36. The van der Waals surface area contributed by atoms with E-state index in [-0.39, 0.29) is 17.2 Å². The normalized spacial score (nSPS) is 23.6. The lowest BCUT2D eigenvalue weighted by atomic mass is 9.78. The Morgan fingerprint density at radius 2 is 2.10 bits per heavy atom. The van der Waals surface area contributed by atoms with Gasteiger partial charge in [-0.25, -0.2) is 13.2 Å². The summed E-state index contributed by atoms with van der Waals surface area (Å²) in [6.45, 7) is 6.46. The van der Waals surface area contributed by atoms with E-state index in [9.17, 15) is 13.2 Å². The summed E-state index contributed by atoms with van der Waals surface area (Å²) in [6, 6.07) is -0.0551. The van der Waals surface area contributed by atoms with Gasteiger partial charge in [-0.05, 0) is 31.1 Å². The highest BCUT2D eigenvalue weighted by Crippen LogP contribution is 2.33. The topological polar surface area (TPSA) is 66.5 Å². The molecule has 0 radical (unpaired) electrons. The van der Waals surface area contributed by atoms with Gasteiger partial charge in [-0.2, -0.15) is 0 Å². The fourth-order valence-corrected chi connectivity index (χ4v) is 3.61.